The van der Waals surface area contributed by atoms with E-state index in [0.29, 0.717) is 6.54 Å². The number of rotatable bonds is 5. The molecule has 7 nitrogen and oxygen atoms in total. The molecular formula is C13H18N4O3S. The van der Waals surface area contributed by atoms with Crippen molar-refractivity contribution in [1.29, 1.82) is 0 Å². The van der Waals surface area contributed by atoms with E-state index in [4.69, 9.17) is 5.84 Å². The Morgan fingerprint density at radius 1 is 1.57 bits per heavy atom. The Hall–Kier alpha value is -1.80. The van der Waals surface area contributed by atoms with E-state index in [-0.39, 0.29) is 21.7 Å². The van der Waals surface area contributed by atoms with Crippen molar-refractivity contribution in [2.45, 2.75) is 24.5 Å². The maximum absolute atomic E-state index is 12.2. The van der Waals surface area contributed by atoms with Crippen LogP contribution in [0.15, 0.2) is 18.2 Å². The van der Waals surface area contributed by atoms with E-state index in [1.807, 2.05) is 11.8 Å². The van der Waals surface area contributed by atoms with Gasteiger partial charge in [0.25, 0.3) is 5.91 Å². The van der Waals surface area contributed by atoms with Crippen LogP contribution in [-0.4, -0.2) is 27.9 Å². The van der Waals surface area contributed by atoms with Gasteiger partial charge in [-0.25, -0.2) is 0 Å². The molecule has 0 aromatic heterocycles. The third-order valence-corrected chi connectivity index (χ3v) is 5.08. The van der Waals surface area contributed by atoms with Gasteiger partial charge in [0.15, 0.2) is 0 Å². The van der Waals surface area contributed by atoms with E-state index >= 15 is 0 Å². The molecule has 1 aliphatic rings. The van der Waals surface area contributed by atoms with Crippen molar-refractivity contribution >= 4 is 29.0 Å². The van der Waals surface area contributed by atoms with E-state index < -0.39 is 10.8 Å². The van der Waals surface area contributed by atoms with Crippen molar-refractivity contribution < 1.29 is 9.72 Å². The molecule has 1 atom stereocenters. The highest BCUT2D eigenvalue weighted by Gasteiger charge is 2.31. The number of nitro groups is 1. The molecule has 8 heteroatoms. The predicted octanol–water partition coefficient (Wildman–Crippen LogP) is 1.90. The van der Waals surface area contributed by atoms with Crippen LogP contribution in [0.5, 0.6) is 0 Å². The molecule has 0 spiro atoms. The molecule has 0 aliphatic carbocycles. The third-order valence-electron chi connectivity index (χ3n) is 3.54. The minimum Gasteiger partial charge on any atom is -0.350 e. The summed E-state index contributed by atoms with van der Waals surface area (Å²) in [5.74, 6) is 5.89. The summed E-state index contributed by atoms with van der Waals surface area (Å²) in [5, 5.41) is 14.0. The number of hydrogen-bond donors (Lipinski definition) is 3. The molecule has 1 unspecified atom stereocenters. The average Bonchev–Trinajstić information content (AvgIpc) is 2.91. The molecular weight excluding hydrogens is 292 g/mol. The summed E-state index contributed by atoms with van der Waals surface area (Å²) in [7, 11) is 0. The second-order valence-corrected chi connectivity index (χ2v) is 6.87. The minimum atomic E-state index is -0.601. The maximum atomic E-state index is 12.2. The van der Waals surface area contributed by atoms with Crippen LogP contribution in [0.3, 0.4) is 0 Å². The smallest absolute Gasteiger partial charge is 0.306 e. The van der Waals surface area contributed by atoms with Crippen molar-refractivity contribution in [2.24, 2.45) is 5.84 Å². The van der Waals surface area contributed by atoms with E-state index in [1.54, 1.807) is 6.07 Å². The molecule has 1 amide bonds. The largest absolute Gasteiger partial charge is 0.350 e. The van der Waals surface area contributed by atoms with Gasteiger partial charge in [-0.3, -0.25) is 20.8 Å². The number of hydrazine groups is 1. The van der Waals surface area contributed by atoms with Crippen LogP contribution in [-0.2, 0) is 0 Å². The van der Waals surface area contributed by atoms with Crippen LogP contribution in [0.2, 0.25) is 0 Å². The lowest BCUT2D eigenvalue weighted by Gasteiger charge is -2.22. The minimum absolute atomic E-state index is 0.00810. The number of carbonyl (C=O) groups excluding carboxylic acids is 1. The van der Waals surface area contributed by atoms with Gasteiger partial charge in [-0.15, -0.1) is 0 Å². The van der Waals surface area contributed by atoms with Crippen molar-refractivity contribution in [2.75, 3.05) is 17.7 Å². The molecule has 4 N–H and O–H groups in total. The fraction of sp³-hybridized carbons (Fsp3) is 0.462. The van der Waals surface area contributed by atoms with Crippen LogP contribution < -0.4 is 16.6 Å². The number of nitrogens with two attached hydrogens (primary N) is 1. The second kappa shape index (κ2) is 6.31. The molecule has 1 aliphatic heterocycles. The molecule has 21 heavy (non-hydrogen) atoms. The van der Waals surface area contributed by atoms with Crippen LogP contribution in [0.4, 0.5) is 11.4 Å². The van der Waals surface area contributed by atoms with Gasteiger partial charge in [0.1, 0.15) is 11.3 Å². The van der Waals surface area contributed by atoms with Crippen LogP contribution in [0.1, 0.15) is 30.1 Å². The van der Waals surface area contributed by atoms with Gasteiger partial charge < -0.3 is 10.7 Å². The Morgan fingerprint density at radius 3 is 2.90 bits per heavy atom. The summed E-state index contributed by atoms with van der Waals surface area (Å²) in [6.45, 7) is 2.59. The van der Waals surface area contributed by atoms with E-state index in [0.717, 1.165) is 18.6 Å². The monoisotopic (exact) mass is 310 g/mol. The quantitative estimate of drug-likeness (QED) is 0.435. The van der Waals surface area contributed by atoms with E-state index in [9.17, 15) is 14.9 Å². The average molecular weight is 310 g/mol. The van der Waals surface area contributed by atoms with E-state index in [1.165, 1.54) is 12.1 Å². The molecule has 0 bridgehead atoms. The Labute approximate surface area is 126 Å². The molecule has 1 aromatic rings. The first-order valence-corrected chi connectivity index (χ1v) is 7.61. The molecule has 2 rings (SSSR count). The van der Waals surface area contributed by atoms with Gasteiger partial charge in [-0.1, -0.05) is 6.07 Å². The normalized spacial score (nSPS) is 21.0. The Bertz CT molecular complexity index is 558. The molecule has 1 saturated heterocycles. The van der Waals surface area contributed by atoms with Crippen molar-refractivity contribution in [1.82, 2.24) is 5.32 Å². The lowest BCUT2D eigenvalue weighted by Crippen LogP contribution is -2.37. The summed E-state index contributed by atoms with van der Waals surface area (Å²) in [4.78, 5) is 22.8. The number of thioether (sulfide) groups is 1. The van der Waals surface area contributed by atoms with Gasteiger partial charge in [-0.2, -0.15) is 11.8 Å². The molecule has 1 fully saturated rings. The lowest BCUT2D eigenvalue weighted by atomic mass is 10.1. The number of nitrogen functional groups attached to an aromatic ring is 1. The molecule has 0 saturated carbocycles. The van der Waals surface area contributed by atoms with Crippen molar-refractivity contribution in [3.63, 3.8) is 0 Å². The lowest BCUT2D eigenvalue weighted by molar-refractivity contribution is -0.384. The summed E-state index contributed by atoms with van der Waals surface area (Å²) in [6.07, 6.45) is 2.16. The predicted molar refractivity (Wildman–Crippen MR) is 83.3 cm³/mol. The van der Waals surface area contributed by atoms with Crippen LogP contribution in [0, 0.1) is 10.1 Å². The molecule has 114 valence electrons. The zero-order chi connectivity index (χ0) is 15.5. The van der Waals surface area contributed by atoms with Gasteiger partial charge >= 0.3 is 5.69 Å². The van der Waals surface area contributed by atoms with Gasteiger partial charge in [0.05, 0.1) is 4.92 Å². The number of amides is 1. The first-order valence-electron chi connectivity index (χ1n) is 6.63. The number of nitrogens with one attached hydrogen (secondary N) is 2. The molecule has 0 radical (unpaired) electrons. The number of hydrogen-bond acceptors (Lipinski definition) is 6. The summed E-state index contributed by atoms with van der Waals surface area (Å²) in [6, 6.07) is 4.45. The number of nitro benzene ring substituents is 1. The third kappa shape index (κ3) is 3.45. The van der Waals surface area contributed by atoms with Crippen LogP contribution in [0.25, 0.3) is 0 Å². The van der Waals surface area contributed by atoms with Crippen molar-refractivity contribution in [3.8, 4) is 0 Å². The van der Waals surface area contributed by atoms with Crippen LogP contribution >= 0.6 is 11.8 Å². The fourth-order valence-electron chi connectivity index (χ4n) is 2.38. The first kappa shape index (κ1) is 15.6. The maximum Gasteiger partial charge on any atom is 0.306 e. The van der Waals surface area contributed by atoms with Crippen molar-refractivity contribution in [3.05, 3.63) is 33.9 Å². The van der Waals surface area contributed by atoms with E-state index in [2.05, 4.69) is 17.7 Å². The summed E-state index contributed by atoms with van der Waals surface area (Å²) >= 11 is 1.82. The van der Waals surface area contributed by atoms with Gasteiger partial charge in [0, 0.05) is 11.3 Å². The second-order valence-electron chi connectivity index (χ2n) is 5.19. The highest BCUT2D eigenvalue weighted by molar-refractivity contribution is 8.00. The topological polar surface area (TPSA) is 110 Å². The Balaban J connectivity index is 2.17. The number of anilines is 1. The number of para-hydroxylation sites is 1. The van der Waals surface area contributed by atoms with Gasteiger partial charge in [-0.05, 0) is 37.7 Å². The fourth-order valence-corrected chi connectivity index (χ4v) is 3.62. The first-order chi connectivity index (χ1) is 9.97. The molecule has 1 aromatic carbocycles. The number of carbonyl (C=O) groups is 1. The Kier molecular flexibility index (Phi) is 4.69. The number of benzene rings is 1. The summed E-state index contributed by atoms with van der Waals surface area (Å²) < 4.78 is 0.00810. The number of nitrogens with zero attached hydrogens (tertiary/aromatic N) is 1. The summed E-state index contributed by atoms with van der Waals surface area (Å²) in [5.41, 5.74) is 2.08. The highest BCUT2D eigenvalue weighted by atomic mass is 32.2. The van der Waals surface area contributed by atoms with Gasteiger partial charge in [0.2, 0.25) is 0 Å². The standard InChI is InChI=1S/C13H18N4O3S/c1-13(6-3-7-21-13)8-15-12(18)9-4-2-5-10(16-14)11(9)17(19)20/h2,4-5,16H,3,6-8,14H2,1H3,(H,15,18). The zero-order valence-corrected chi connectivity index (χ0v) is 12.5. The SMILES string of the molecule is CC1(CNC(=O)c2cccc(NN)c2[N+](=O)[O-])CCCS1. The highest BCUT2D eigenvalue weighted by Crippen LogP contribution is 2.37. The Morgan fingerprint density at radius 2 is 2.33 bits per heavy atom. The zero-order valence-electron chi connectivity index (χ0n) is 11.7. The molecule has 1 heterocycles.